The van der Waals surface area contributed by atoms with Crippen LogP contribution in [-0.4, -0.2) is 28.8 Å². The summed E-state index contributed by atoms with van der Waals surface area (Å²) in [5.74, 6) is -1.13. The topological polar surface area (TPSA) is 100 Å². The highest BCUT2D eigenvalue weighted by atomic mass is 16.6. The Labute approximate surface area is 158 Å². The highest BCUT2D eigenvalue weighted by Gasteiger charge is 2.24. The lowest BCUT2D eigenvalue weighted by Crippen LogP contribution is -2.44. The maximum absolute atomic E-state index is 11.8. The second-order valence-corrected chi connectivity index (χ2v) is 6.94. The smallest absolute Gasteiger partial charge is 0.408 e. The normalized spacial score (nSPS) is 12.6. The van der Waals surface area contributed by atoms with Crippen molar-refractivity contribution in [1.29, 1.82) is 0 Å². The van der Waals surface area contributed by atoms with Crippen LogP contribution >= 0.6 is 0 Å². The van der Waals surface area contributed by atoms with Gasteiger partial charge < -0.3 is 15.2 Å². The summed E-state index contributed by atoms with van der Waals surface area (Å²) in [6.07, 6.45) is -0.631. The van der Waals surface area contributed by atoms with Crippen LogP contribution in [0.4, 0.5) is 16.2 Å². The first-order valence-electron chi connectivity index (χ1n) is 8.51. The van der Waals surface area contributed by atoms with Crippen LogP contribution in [0.1, 0.15) is 26.3 Å². The van der Waals surface area contributed by atoms with Crippen molar-refractivity contribution in [3.8, 4) is 0 Å². The van der Waals surface area contributed by atoms with E-state index in [-0.39, 0.29) is 6.42 Å². The fourth-order valence-corrected chi connectivity index (χ4v) is 2.19. The molecule has 2 aromatic rings. The van der Waals surface area contributed by atoms with Gasteiger partial charge in [-0.05, 0) is 50.6 Å². The number of carboxylic acid groups (broad SMARTS) is 1. The fraction of sp³-hybridized carbons (Fsp3) is 0.300. The number of aliphatic carboxylic acids is 1. The van der Waals surface area contributed by atoms with Gasteiger partial charge in [-0.2, -0.15) is 10.2 Å². The van der Waals surface area contributed by atoms with Crippen LogP contribution in [0.2, 0.25) is 0 Å². The molecular formula is C20H23N3O4. The van der Waals surface area contributed by atoms with E-state index < -0.39 is 23.7 Å². The highest BCUT2D eigenvalue weighted by molar-refractivity contribution is 5.80. The summed E-state index contributed by atoms with van der Waals surface area (Å²) in [5, 5.41) is 20.0. The molecule has 0 aromatic heterocycles. The zero-order valence-corrected chi connectivity index (χ0v) is 15.5. The van der Waals surface area contributed by atoms with E-state index in [9.17, 15) is 14.7 Å². The summed E-state index contributed by atoms with van der Waals surface area (Å²) in [5.41, 5.74) is 1.44. The highest BCUT2D eigenvalue weighted by Crippen LogP contribution is 2.19. The first-order chi connectivity index (χ1) is 12.7. The molecule has 0 aliphatic rings. The monoisotopic (exact) mass is 369 g/mol. The molecule has 2 aromatic carbocycles. The van der Waals surface area contributed by atoms with Gasteiger partial charge in [-0.25, -0.2) is 9.59 Å². The van der Waals surface area contributed by atoms with E-state index in [1.807, 2.05) is 30.3 Å². The maximum Gasteiger partial charge on any atom is 0.408 e. The largest absolute Gasteiger partial charge is 0.480 e. The van der Waals surface area contributed by atoms with Gasteiger partial charge in [0.15, 0.2) is 0 Å². The second kappa shape index (κ2) is 8.93. The molecule has 0 heterocycles. The van der Waals surface area contributed by atoms with Gasteiger partial charge in [-0.15, -0.1) is 0 Å². The molecule has 0 fully saturated rings. The average Bonchev–Trinajstić information content (AvgIpc) is 2.60. The Morgan fingerprint density at radius 2 is 1.56 bits per heavy atom. The molecule has 7 nitrogen and oxygen atoms in total. The minimum absolute atomic E-state index is 0.130. The third-order valence-corrected chi connectivity index (χ3v) is 3.40. The predicted octanol–water partition coefficient (Wildman–Crippen LogP) is 4.62. The predicted molar refractivity (Wildman–Crippen MR) is 102 cm³/mol. The summed E-state index contributed by atoms with van der Waals surface area (Å²) >= 11 is 0. The van der Waals surface area contributed by atoms with Crippen molar-refractivity contribution in [3.05, 3.63) is 60.2 Å². The zero-order valence-electron chi connectivity index (χ0n) is 15.5. The van der Waals surface area contributed by atoms with Crippen LogP contribution in [0.3, 0.4) is 0 Å². The Kier molecular flexibility index (Phi) is 6.65. The van der Waals surface area contributed by atoms with Crippen molar-refractivity contribution in [1.82, 2.24) is 5.32 Å². The summed E-state index contributed by atoms with van der Waals surface area (Å²) in [6.45, 7) is 5.14. The molecule has 0 saturated carbocycles. The van der Waals surface area contributed by atoms with E-state index in [1.165, 1.54) is 0 Å². The molecule has 142 valence electrons. The lowest BCUT2D eigenvalue weighted by molar-refractivity contribution is -0.139. The number of hydrogen-bond acceptors (Lipinski definition) is 5. The molecule has 0 saturated heterocycles. The quantitative estimate of drug-likeness (QED) is 0.725. The van der Waals surface area contributed by atoms with Crippen LogP contribution in [0.5, 0.6) is 0 Å². The average molecular weight is 369 g/mol. The molecular weight excluding hydrogens is 346 g/mol. The second-order valence-electron chi connectivity index (χ2n) is 6.94. The molecule has 27 heavy (non-hydrogen) atoms. The Hall–Kier alpha value is -3.22. The SMILES string of the molecule is CC(C)(C)OC(=O)N[C@H](Cc1ccc(N=Nc2ccccc2)cc1)C(=O)O. The summed E-state index contributed by atoms with van der Waals surface area (Å²) in [6, 6.07) is 15.3. The molecule has 0 aliphatic carbocycles. The molecule has 2 rings (SSSR count). The molecule has 0 bridgehead atoms. The Bertz CT molecular complexity index is 796. The van der Waals surface area contributed by atoms with Gasteiger partial charge in [0.2, 0.25) is 0 Å². The number of amides is 1. The van der Waals surface area contributed by atoms with Crippen molar-refractivity contribution < 1.29 is 19.4 Å². The van der Waals surface area contributed by atoms with Crippen molar-refractivity contribution >= 4 is 23.4 Å². The van der Waals surface area contributed by atoms with E-state index in [0.29, 0.717) is 5.69 Å². The van der Waals surface area contributed by atoms with Crippen LogP contribution in [-0.2, 0) is 16.0 Å². The number of alkyl carbamates (subject to hydrolysis) is 1. The summed E-state index contributed by atoms with van der Waals surface area (Å²) < 4.78 is 5.11. The summed E-state index contributed by atoms with van der Waals surface area (Å²) in [4.78, 5) is 23.2. The number of ether oxygens (including phenoxy) is 1. The minimum Gasteiger partial charge on any atom is -0.480 e. The van der Waals surface area contributed by atoms with E-state index in [1.54, 1.807) is 45.0 Å². The van der Waals surface area contributed by atoms with Gasteiger partial charge in [0, 0.05) is 6.42 Å². The first kappa shape index (κ1) is 20.1. The molecule has 1 atom stereocenters. The number of nitrogens with one attached hydrogen (secondary N) is 1. The third-order valence-electron chi connectivity index (χ3n) is 3.40. The van der Waals surface area contributed by atoms with E-state index >= 15 is 0 Å². The Morgan fingerprint density at radius 1 is 1.00 bits per heavy atom. The number of rotatable bonds is 6. The fourth-order valence-electron chi connectivity index (χ4n) is 2.19. The number of hydrogen-bond donors (Lipinski definition) is 2. The van der Waals surface area contributed by atoms with Gasteiger partial charge in [0.25, 0.3) is 0 Å². The van der Waals surface area contributed by atoms with Gasteiger partial charge in [-0.3, -0.25) is 0 Å². The number of carbonyl (C=O) groups excluding carboxylic acids is 1. The lowest BCUT2D eigenvalue weighted by atomic mass is 10.1. The van der Waals surface area contributed by atoms with Crippen LogP contribution in [0.15, 0.2) is 64.8 Å². The van der Waals surface area contributed by atoms with E-state index in [2.05, 4.69) is 15.5 Å². The number of carboxylic acids is 1. The number of benzene rings is 2. The number of nitrogens with zero attached hydrogens (tertiary/aromatic N) is 2. The van der Waals surface area contributed by atoms with Crippen molar-refractivity contribution in [3.63, 3.8) is 0 Å². The lowest BCUT2D eigenvalue weighted by Gasteiger charge is -2.22. The zero-order chi connectivity index (χ0) is 19.9. The molecule has 2 N–H and O–H groups in total. The number of azo groups is 1. The van der Waals surface area contributed by atoms with Gasteiger partial charge in [0.1, 0.15) is 11.6 Å². The molecule has 0 spiro atoms. The standard InChI is InChI=1S/C20H23N3O4/c1-20(2,3)27-19(26)21-17(18(24)25)13-14-9-11-16(12-10-14)23-22-15-7-5-4-6-8-15/h4-12,17H,13H2,1-3H3,(H,21,26)(H,24,25)/t17-/m1/s1. The van der Waals surface area contributed by atoms with Crippen molar-refractivity contribution in [2.24, 2.45) is 10.2 Å². The molecule has 7 heteroatoms. The maximum atomic E-state index is 11.8. The van der Waals surface area contributed by atoms with E-state index in [0.717, 1.165) is 11.3 Å². The third kappa shape index (κ3) is 7.27. The van der Waals surface area contributed by atoms with Crippen molar-refractivity contribution in [2.75, 3.05) is 0 Å². The Morgan fingerprint density at radius 3 is 2.07 bits per heavy atom. The van der Waals surface area contributed by atoms with Gasteiger partial charge >= 0.3 is 12.1 Å². The Balaban J connectivity index is 1.99. The first-order valence-corrected chi connectivity index (χ1v) is 8.51. The molecule has 0 aliphatic heterocycles. The van der Waals surface area contributed by atoms with E-state index in [4.69, 9.17) is 4.74 Å². The van der Waals surface area contributed by atoms with Gasteiger partial charge in [-0.1, -0.05) is 30.3 Å². The van der Waals surface area contributed by atoms with Crippen LogP contribution in [0, 0.1) is 0 Å². The van der Waals surface area contributed by atoms with Crippen LogP contribution < -0.4 is 5.32 Å². The minimum atomic E-state index is -1.13. The molecule has 0 unspecified atom stereocenters. The van der Waals surface area contributed by atoms with Gasteiger partial charge in [0.05, 0.1) is 11.4 Å². The summed E-state index contributed by atoms with van der Waals surface area (Å²) in [7, 11) is 0. The van der Waals surface area contributed by atoms with Crippen LogP contribution in [0.25, 0.3) is 0 Å². The molecule has 1 amide bonds. The molecule has 0 radical (unpaired) electrons. The number of carbonyl (C=O) groups is 2. The van der Waals surface area contributed by atoms with Crippen molar-refractivity contribution in [2.45, 2.75) is 38.8 Å².